The van der Waals surface area contributed by atoms with E-state index in [-0.39, 0.29) is 24.1 Å². The number of amides is 2. The molecular formula is C21H26N4O3. The van der Waals surface area contributed by atoms with Gasteiger partial charge in [0.2, 0.25) is 5.91 Å². The number of aromatic nitrogens is 1. The van der Waals surface area contributed by atoms with Crippen LogP contribution in [0.2, 0.25) is 0 Å². The Labute approximate surface area is 164 Å². The van der Waals surface area contributed by atoms with Crippen LogP contribution in [0.25, 0.3) is 0 Å². The number of carbonyl (C=O) groups is 3. The third kappa shape index (κ3) is 4.08. The maximum absolute atomic E-state index is 12.5. The van der Waals surface area contributed by atoms with E-state index < -0.39 is 0 Å². The van der Waals surface area contributed by atoms with Gasteiger partial charge in [0.15, 0.2) is 5.78 Å². The summed E-state index contributed by atoms with van der Waals surface area (Å²) in [4.78, 5) is 43.6. The van der Waals surface area contributed by atoms with Gasteiger partial charge in [0, 0.05) is 43.1 Å². The molecule has 3 rings (SSSR count). The molecule has 7 nitrogen and oxygen atoms in total. The highest BCUT2D eigenvalue weighted by molar-refractivity contribution is 6.03. The molecule has 1 saturated heterocycles. The number of rotatable bonds is 5. The van der Waals surface area contributed by atoms with E-state index in [1.165, 1.54) is 6.92 Å². The molecule has 2 N–H and O–H groups in total. The lowest BCUT2D eigenvalue weighted by atomic mass is 10.1. The molecule has 0 spiro atoms. The highest BCUT2D eigenvalue weighted by Crippen LogP contribution is 2.18. The van der Waals surface area contributed by atoms with Crippen LogP contribution in [-0.4, -0.2) is 60.2 Å². The normalized spacial score (nSPS) is 14.1. The van der Waals surface area contributed by atoms with Gasteiger partial charge in [-0.1, -0.05) is 18.2 Å². The molecule has 0 atom stereocenters. The number of piperazine rings is 1. The molecule has 7 heteroatoms. The Bertz CT molecular complexity index is 881. The summed E-state index contributed by atoms with van der Waals surface area (Å²) in [5.74, 6) is -0.559. The molecule has 1 fully saturated rings. The van der Waals surface area contributed by atoms with Gasteiger partial charge in [0.05, 0.1) is 6.54 Å². The molecule has 2 aromatic rings. The first-order valence-corrected chi connectivity index (χ1v) is 9.44. The van der Waals surface area contributed by atoms with Crippen LogP contribution in [0, 0.1) is 13.8 Å². The Balaban J connectivity index is 1.53. The standard InChI is InChI=1S/C21H26N4O3/c1-14-19(16(3)26)15(2)23-20(14)21(28)22-13-18(27)25-11-9-24(10-12-25)17-7-5-4-6-8-17/h4-8,23H,9-13H2,1-3H3,(H,22,28). The predicted molar refractivity (Wildman–Crippen MR) is 108 cm³/mol. The lowest BCUT2D eigenvalue weighted by Gasteiger charge is -2.36. The molecule has 148 valence electrons. The van der Waals surface area contributed by atoms with Gasteiger partial charge in [-0.25, -0.2) is 0 Å². The molecule has 1 aliphatic rings. The summed E-state index contributed by atoms with van der Waals surface area (Å²) in [6.45, 7) is 7.69. The maximum atomic E-state index is 12.5. The van der Waals surface area contributed by atoms with E-state index in [4.69, 9.17) is 0 Å². The van der Waals surface area contributed by atoms with Crippen LogP contribution >= 0.6 is 0 Å². The van der Waals surface area contributed by atoms with E-state index in [1.54, 1.807) is 18.7 Å². The number of aryl methyl sites for hydroxylation is 1. The summed E-state index contributed by atoms with van der Waals surface area (Å²) in [6.07, 6.45) is 0. The SMILES string of the molecule is CC(=O)c1c(C)[nH]c(C(=O)NCC(=O)N2CCN(c3ccccc3)CC2)c1C. The van der Waals surface area contributed by atoms with Gasteiger partial charge in [-0.3, -0.25) is 14.4 Å². The zero-order valence-electron chi connectivity index (χ0n) is 16.5. The fourth-order valence-corrected chi connectivity index (χ4v) is 3.71. The van der Waals surface area contributed by atoms with Crippen molar-refractivity contribution in [3.8, 4) is 0 Å². The average molecular weight is 382 g/mol. The van der Waals surface area contributed by atoms with Gasteiger partial charge in [-0.15, -0.1) is 0 Å². The number of ketones is 1. The van der Waals surface area contributed by atoms with Crippen molar-refractivity contribution in [2.45, 2.75) is 20.8 Å². The van der Waals surface area contributed by atoms with Crippen molar-refractivity contribution < 1.29 is 14.4 Å². The largest absolute Gasteiger partial charge is 0.368 e. The average Bonchev–Trinajstić information content (AvgIpc) is 3.01. The van der Waals surface area contributed by atoms with Gasteiger partial charge in [-0.05, 0) is 38.5 Å². The number of benzene rings is 1. The second kappa shape index (κ2) is 8.29. The quantitative estimate of drug-likeness (QED) is 0.774. The Hall–Kier alpha value is -3.09. The number of nitrogens with zero attached hydrogens (tertiary/aromatic N) is 2. The Kier molecular flexibility index (Phi) is 5.82. The third-order valence-electron chi connectivity index (χ3n) is 5.17. The fraction of sp³-hybridized carbons (Fsp3) is 0.381. The first-order valence-electron chi connectivity index (χ1n) is 9.44. The number of hydrogen-bond acceptors (Lipinski definition) is 4. The van der Waals surface area contributed by atoms with Crippen molar-refractivity contribution >= 4 is 23.3 Å². The van der Waals surface area contributed by atoms with Crippen molar-refractivity contribution in [3.63, 3.8) is 0 Å². The van der Waals surface area contributed by atoms with Crippen molar-refractivity contribution in [2.24, 2.45) is 0 Å². The molecule has 2 amide bonds. The fourth-order valence-electron chi connectivity index (χ4n) is 3.71. The minimum absolute atomic E-state index is 0.0584. The van der Waals surface area contributed by atoms with Gasteiger partial charge in [0.25, 0.3) is 5.91 Å². The van der Waals surface area contributed by atoms with Crippen LogP contribution in [0.3, 0.4) is 0 Å². The number of carbonyl (C=O) groups excluding carboxylic acids is 3. The minimum Gasteiger partial charge on any atom is -0.368 e. The van der Waals surface area contributed by atoms with Gasteiger partial charge in [0.1, 0.15) is 5.69 Å². The molecule has 0 unspecified atom stereocenters. The van der Waals surface area contributed by atoms with Gasteiger partial charge < -0.3 is 20.1 Å². The lowest BCUT2D eigenvalue weighted by molar-refractivity contribution is -0.130. The highest BCUT2D eigenvalue weighted by Gasteiger charge is 2.23. The number of nitrogens with one attached hydrogen (secondary N) is 2. The monoisotopic (exact) mass is 382 g/mol. The summed E-state index contributed by atoms with van der Waals surface area (Å²) in [5, 5.41) is 2.67. The van der Waals surface area contributed by atoms with Crippen LogP contribution in [0.1, 0.15) is 39.0 Å². The summed E-state index contributed by atoms with van der Waals surface area (Å²) < 4.78 is 0. The zero-order valence-corrected chi connectivity index (χ0v) is 16.5. The van der Waals surface area contributed by atoms with Gasteiger partial charge >= 0.3 is 0 Å². The first-order chi connectivity index (χ1) is 13.4. The molecule has 1 aromatic heterocycles. The van der Waals surface area contributed by atoms with E-state index in [0.717, 1.165) is 18.8 Å². The number of anilines is 1. The zero-order chi connectivity index (χ0) is 20.3. The number of para-hydroxylation sites is 1. The Morgan fingerprint density at radius 1 is 1.04 bits per heavy atom. The number of aromatic amines is 1. The van der Waals surface area contributed by atoms with Crippen LogP contribution in [0.5, 0.6) is 0 Å². The van der Waals surface area contributed by atoms with E-state index in [1.807, 2.05) is 18.2 Å². The highest BCUT2D eigenvalue weighted by atomic mass is 16.2. The van der Waals surface area contributed by atoms with Crippen molar-refractivity contribution in [1.82, 2.24) is 15.2 Å². The molecule has 0 aliphatic carbocycles. The Morgan fingerprint density at radius 2 is 1.68 bits per heavy atom. The van der Waals surface area contributed by atoms with Crippen molar-refractivity contribution in [2.75, 3.05) is 37.6 Å². The summed E-state index contributed by atoms with van der Waals surface area (Å²) >= 11 is 0. The van der Waals surface area contributed by atoms with E-state index in [0.29, 0.717) is 35.6 Å². The molecule has 1 aromatic carbocycles. The lowest BCUT2D eigenvalue weighted by Crippen LogP contribution is -2.51. The van der Waals surface area contributed by atoms with Gasteiger partial charge in [-0.2, -0.15) is 0 Å². The maximum Gasteiger partial charge on any atom is 0.268 e. The molecule has 0 bridgehead atoms. The number of H-pyrrole nitrogens is 1. The molecule has 2 heterocycles. The minimum atomic E-state index is -0.371. The van der Waals surface area contributed by atoms with Crippen molar-refractivity contribution in [1.29, 1.82) is 0 Å². The van der Waals surface area contributed by atoms with Crippen molar-refractivity contribution in [3.05, 3.63) is 52.8 Å². The molecule has 0 radical (unpaired) electrons. The smallest absolute Gasteiger partial charge is 0.268 e. The predicted octanol–water partition coefficient (Wildman–Crippen LogP) is 1.91. The third-order valence-corrected chi connectivity index (χ3v) is 5.17. The molecule has 0 saturated carbocycles. The number of Topliss-reactive ketones (excluding diaryl/α,β-unsaturated/α-hetero) is 1. The second-order valence-electron chi connectivity index (χ2n) is 7.07. The van der Waals surface area contributed by atoms with Crippen LogP contribution < -0.4 is 10.2 Å². The first kappa shape index (κ1) is 19.7. The van der Waals surface area contributed by atoms with Crippen LogP contribution in [-0.2, 0) is 4.79 Å². The second-order valence-corrected chi connectivity index (χ2v) is 7.07. The molecule has 1 aliphatic heterocycles. The molecule has 28 heavy (non-hydrogen) atoms. The topological polar surface area (TPSA) is 85.5 Å². The summed E-state index contributed by atoms with van der Waals surface area (Å²) in [7, 11) is 0. The van der Waals surface area contributed by atoms with Crippen LogP contribution in [0.15, 0.2) is 30.3 Å². The summed E-state index contributed by atoms with van der Waals surface area (Å²) in [5.41, 5.74) is 3.31. The van der Waals surface area contributed by atoms with Crippen LogP contribution in [0.4, 0.5) is 5.69 Å². The molecular weight excluding hydrogens is 356 g/mol. The van der Waals surface area contributed by atoms with E-state index >= 15 is 0 Å². The number of hydrogen-bond donors (Lipinski definition) is 2. The summed E-state index contributed by atoms with van der Waals surface area (Å²) in [6, 6.07) is 10.1. The van der Waals surface area contributed by atoms with E-state index in [9.17, 15) is 14.4 Å². The Morgan fingerprint density at radius 3 is 2.25 bits per heavy atom. The van der Waals surface area contributed by atoms with E-state index in [2.05, 4.69) is 27.3 Å².